The normalized spacial score (nSPS) is 11.4. The first-order valence-corrected chi connectivity index (χ1v) is 8.99. The minimum atomic E-state index is -0.449. The lowest BCUT2D eigenvalue weighted by molar-refractivity contribution is -0.384. The molecule has 0 radical (unpaired) electrons. The van der Waals surface area contributed by atoms with Crippen LogP contribution in [-0.2, 0) is 0 Å². The van der Waals surface area contributed by atoms with E-state index in [1.54, 1.807) is 29.3 Å². The molecular formula is C19H12ClN7O2. The van der Waals surface area contributed by atoms with Crippen LogP contribution in [0.5, 0.6) is 0 Å². The average Bonchev–Trinajstić information content (AvgIpc) is 3.34. The van der Waals surface area contributed by atoms with Crippen LogP contribution in [0, 0.1) is 17.0 Å². The maximum Gasteiger partial charge on any atom is 0.270 e. The van der Waals surface area contributed by atoms with Crippen molar-refractivity contribution >= 4 is 34.0 Å². The highest BCUT2D eigenvalue weighted by Gasteiger charge is 2.16. The van der Waals surface area contributed by atoms with Crippen LogP contribution < -0.4 is 0 Å². The molecule has 3 aromatic heterocycles. The molecule has 0 atom stereocenters. The fraction of sp³-hybridized carbons (Fsp3) is 0.0526. The summed E-state index contributed by atoms with van der Waals surface area (Å²) in [7, 11) is 0. The fourth-order valence-electron chi connectivity index (χ4n) is 3.10. The molecule has 0 saturated heterocycles. The molecule has 0 fully saturated rings. The Hall–Kier alpha value is -3.85. The van der Waals surface area contributed by atoms with Crippen molar-refractivity contribution in [3.8, 4) is 17.1 Å². The SMILES string of the molecule is Cc1ccc(-n2ncc3c2ncn2nc(-c4cccc([N+](=O)[O-])c4)nc32)cc1Cl. The number of fused-ring (bicyclic) bond motifs is 3. The summed E-state index contributed by atoms with van der Waals surface area (Å²) in [5.41, 5.74) is 3.45. The summed E-state index contributed by atoms with van der Waals surface area (Å²) >= 11 is 6.25. The van der Waals surface area contributed by atoms with E-state index in [2.05, 4.69) is 20.2 Å². The van der Waals surface area contributed by atoms with E-state index >= 15 is 0 Å². The molecule has 0 saturated carbocycles. The van der Waals surface area contributed by atoms with Crippen LogP contribution >= 0.6 is 11.6 Å². The van der Waals surface area contributed by atoms with E-state index in [-0.39, 0.29) is 5.69 Å². The van der Waals surface area contributed by atoms with Crippen molar-refractivity contribution in [2.75, 3.05) is 0 Å². The second kappa shape index (κ2) is 6.35. The topological polar surface area (TPSA) is 104 Å². The molecule has 0 bridgehead atoms. The molecule has 3 heterocycles. The number of aromatic nitrogens is 6. The van der Waals surface area contributed by atoms with Gasteiger partial charge >= 0.3 is 0 Å². The third-order valence-electron chi connectivity index (χ3n) is 4.62. The number of hydrogen-bond donors (Lipinski definition) is 0. The molecule has 142 valence electrons. The minimum absolute atomic E-state index is 0.0197. The van der Waals surface area contributed by atoms with Gasteiger partial charge in [-0.1, -0.05) is 29.8 Å². The Morgan fingerprint density at radius 2 is 2.00 bits per heavy atom. The molecule has 0 aliphatic rings. The lowest BCUT2D eigenvalue weighted by Gasteiger charge is -2.05. The second-order valence-corrected chi connectivity index (χ2v) is 6.89. The number of non-ortho nitro benzene ring substituents is 1. The lowest BCUT2D eigenvalue weighted by atomic mass is 10.2. The van der Waals surface area contributed by atoms with E-state index in [1.165, 1.54) is 16.6 Å². The monoisotopic (exact) mass is 405 g/mol. The Bertz CT molecular complexity index is 1420. The Balaban J connectivity index is 1.66. The zero-order valence-electron chi connectivity index (χ0n) is 15.0. The molecule has 9 nitrogen and oxygen atoms in total. The Labute approximate surface area is 168 Å². The first kappa shape index (κ1) is 17.3. The quantitative estimate of drug-likeness (QED) is 0.332. The summed E-state index contributed by atoms with van der Waals surface area (Å²) in [6.07, 6.45) is 3.21. The molecule has 0 amide bonds. The zero-order chi connectivity index (χ0) is 20.1. The van der Waals surface area contributed by atoms with Crippen molar-refractivity contribution < 1.29 is 4.92 Å². The average molecular weight is 406 g/mol. The van der Waals surface area contributed by atoms with Gasteiger partial charge in [-0.25, -0.2) is 19.2 Å². The summed E-state index contributed by atoms with van der Waals surface area (Å²) in [5, 5.41) is 21.2. The van der Waals surface area contributed by atoms with Crippen molar-refractivity contribution in [2.24, 2.45) is 0 Å². The number of nitro benzene ring substituents is 1. The Morgan fingerprint density at radius 1 is 1.14 bits per heavy atom. The largest absolute Gasteiger partial charge is 0.270 e. The van der Waals surface area contributed by atoms with Crippen LogP contribution in [-0.4, -0.2) is 34.3 Å². The number of nitrogens with zero attached hydrogens (tertiary/aromatic N) is 7. The molecule has 10 heteroatoms. The minimum Gasteiger partial charge on any atom is -0.258 e. The second-order valence-electron chi connectivity index (χ2n) is 6.48. The van der Waals surface area contributed by atoms with E-state index in [0.717, 1.165) is 11.3 Å². The van der Waals surface area contributed by atoms with E-state index in [1.807, 2.05) is 25.1 Å². The van der Waals surface area contributed by atoms with Crippen LogP contribution in [0.25, 0.3) is 33.8 Å². The summed E-state index contributed by atoms with van der Waals surface area (Å²) in [4.78, 5) is 19.6. The molecule has 2 aromatic carbocycles. The standard InChI is InChI=1S/C19H12ClN7O2/c1-11-5-6-13(8-16(11)20)26-18-15(9-22-26)19-23-17(24-25(19)10-21-18)12-3-2-4-14(7-12)27(28)29/h2-10H,1H3. The predicted molar refractivity (Wildman–Crippen MR) is 107 cm³/mol. The van der Waals surface area contributed by atoms with Crippen molar-refractivity contribution in [1.29, 1.82) is 0 Å². The summed E-state index contributed by atoms with van der Waals surface area (Å²) in [6.45, 7) is 1.93. The summed E-state index contributed by atoms with van der Waals surface area (Å²) in [5.74, 6) is 0.370. The van der Waals surface area contributed by atoms with Crippen LogP contribution in [0.1, 0.15) is 5.56 Å². The van der Waals surface area contributed by atoms with Gasteiger partial charge < -0.3 is 0 Å². The van der Waals surface area contributed by atoms with E-state index in [4.69, 9.17) is 11.6 Å². The first-order chi connectivity index (χ1) is 14.0. The first-order valence-electron chi connectivity index (χ1n) is 8.62. The number of aryl methyl sites for hydroxylation is 1. The van der Waals surface area contributed by atoms with Crippen LogP contribution in [0.15, 0.2) is 55.0 Å². The summed E-state index contributed by atoms with van der Waals surface area (Å²) < 4.78 is 3.22. The van der Waals surface area contributed by atoms with Crippen LogP contribution in [0.3, 0.4) is 0 Å². The molecule has 29 heavy (non-hydrogen) atoms. The summed E-state index contributed by atoms with van der Waals surface area (Å²) in [6, 6.07) is 11.9. The van der Waals surface area contributed by atoms with E-state index in [9.17, 15) is 10.1 Å². The smallest absolute Gasteiger partial charge is 0.258 e. The highest BCUT2D eigenvalue weighted by Crippen LogP contribution is 2.26. The maximum absolute atomic E-state index is 11.0. The zero-order valence-corrected chi connectivity index (χ0v) is 15.8. The van der Waals surface area contributed by atoms with Crippen molar-refractivity contribution in [3.63, 3.8) is 0 Å². The van der Waals surface area contributed by atoms with Gasteiger partial charge in [0.05, 0.1) is 22.2 Å². The number of benzene rings is 2. The van der Waals surface area contributed by atoms with Crippen LogP contribution in [0.4, 0.5) is 5.69 Å². The molecular weight excluding hydrogens is 394 g/mol. The van der Waals surface area contributed by atoms with Gasteiger partial charge in [0, 0.05) is 22.7 Å². The van der Waals surface area contributed by atoms with Gasteiger partial charge in [-0.05, 0) is 24.6 Å². The molecule has 0 N–H and O–H groups in total. The van der Waals surface area contributed by atoms with Gasteiger partial charge in [0.25, 0.3) is 5.69 Å². The number of nitro groups is 1. The Kier molecular flexibility index (Phi) is 3.78. The third-order valence-corrected chi connectivity index (χ3v) is 5.03. The highest BCUT2D eigenvalue weighted by molar-refractivity contribution is 6.31. The lowest BCUT2D eigenvalue weighted by Crippen LogP contribution is -1.99. The Morgan fingerprint density at radius 3 is 2.79 bits per heavy atom. The highest BCUT2D eigenvalue weighted by atomic mass is 35.5. The molecule has 0 aliphatic heterocycles. The molecule has 0 spiro atoms. The molecule has 0 aliphatic carbocycles. The van der Waals surface area contributed by atoms with Crippen molar-refractivity contribution in [2.45, 2.75) is 6.92 Å². The van der Waals surface area contributed by atoms with Gasteiger partial charge in [0.15, 0.2) is 17.1 Å². The number of halogens is 1. The van der Waals surface area contributed by atoms with E-state index < -0.39 is 4.92 Å². The van der Waals surface area contributed by atoms with Crippen LogP contribution in [0.2, 0.25) is 5.02 Å². The number of hydrogen-bond acceptors (Lipinski definition) is 6. The third kappa shape index (κ3) is 2.79. The molecule has 5 aromatic rings. The molecule has 5 rings (SSSR count). The fourth-order valence-corrected chi connectivity index (χ4v) is 3.28. The van der Waals surface area contributed by atoms with Crippen molar-refractivity contribution in [1.82, 2.24) is 29.4 Å². The van der Waals surface area contributed by atoms with Gasteiger partial charge in [0.1, 0.15) is 6.33 Å². The molecule has 0 unspecified atom stereocenters. The van der Waals surface area contributed by atoms with Gasteiger partial charge in [-0.2, -0.15) is 5.10 Å². The maximum atomic E-state index is 11.0. The van der Waals surface area contributed by atoms with Gasteiger partial charge in [0.2, 0.25) is 0 Å². The van der Waals surface area contributed by atoms with Gasteiger partial charge in [-0.15, -0.1) is 5.10 Å². The predicted octanol–water partition coefficient (Wildman–Crippen LogP) is 4.00. The number of rotatable bonds is 3. The van der Waals surface area contributed by atoms with E-state index in [0.29, 0.717) is 33.1 Å². The van der Waals surface area contributed by atoms with Crippen molar-refractivity contribution in [3.05, 3.63) is 75.7 Å². The van der Waals surface area contributed by atoms with Gasteiger partial charge in [-0.3, -0.25) is 10.1 Å².